The Kier molecular flexibility index (Phi) is 7.96. The summed E-state index contributed by atoms with van der Waals surface area (Å²) in [5.41, 5.74) is 0.525. The minimum atomic E-state index is -0.864. The Morgan fingerprint density at radius 1 is 1.14 bits per heavy atom. The van der Waals surface area contributed by atoms with Crippen LogP contribution in [0.4, 0.5) is 4.39 Å². The zero-order valence-electron chi connectivity index (χ0n) is 15.8. The van der Waals surface area contributed by atoms with Crippen LogP contribution in [0.2, 0.25) is 0 Å². The maximum Gasteiger partial charge on any atom is 0.222 e. The second-order valence-electron chi connectivity index (χ2n) is 5.64. The number of nitrogens with one attached hydrogen (secondary N) is 1. The van der Waals surface area contributed by atoms with Crippen molar-refractivity contribution in [1.29, 1.82) is 5.26 Å². The van der Waals surface area contributed by atoms with Gasteiger partial charge in [-0.3, -0.25) is 4.79 Å². The molecule has 6 nitrogen and oxygen atoms in total. The van der Waals surface area contributed by atoms with E-state index in [2.05, 4.69) is 11.4 Å². The molecule has 0 fully saturated rings. The molecule has 0 saturated carbocycles. The molecular weight excluding hydrogens is 383 g/mol. The maximum absolute atomic E-state index is 12.9. The van der Waals surface area contributed by atoms with E-state index in [9.17, 15) is 14.4 Å². The highest BCUT2D eigenvalue weighted by Crippen LogP contribution is 2.39. The van der Waals surface area contributed by atoms with Gasteiger partial charge in [0.05, 0.1) is 27.4 Å². The van der Waals surface area contributed by atoms with Crippen molar-refractivity contribution in [2.75, 3.05) is 27.1 Å². The van der Waals surface area contributed by atoms with Crippen LogP contribution in [0.3, 0.4) is 0 Å². The highest BCUT2D eigenvalue weighted by atomic mass is 32.2. The number of benzene rings is 2. The third-order valence-electron chi connectivity index (χ3n) is 3.87. The number of carbonyl (C=O) groups is 1. The first-order valence-electron chi connectivity index (χ1n) is 8.39. The molecule has 0 aliphatic rings. The van der Waals surface area contributed by atoms with Crippen LogP contribution in [0.5, 0.6) is 17.2 Å². The predicted octanol–water partition coefficient (Wildman–Crippen LogP) is 3.71. The van der Waals surface area contributed by atoms with Crippen LogP contribution in [0.25, 0.3) is 0 Å². The van der Waals surface area contributed by atoms with Gasteiger partial charge in [0.2, 0.25) is 11.7 Å². The summed E-state index contributed by atoms with van der Waals surface area (Å²) in [6.07, 6.45) is 0.213. The maximum atomic E-state index is 12.9. The molecule has 0 aliphatic heterocycles. The number of rotatable bonds is 9. The summed E-state index contributed by atoms with van der Waals surface area (Å²) < 4.78 is 28.7. The number of hydrogen-bond acceptors (Lipinski definition) is 6. The molecule has 0 bridgehead atoms. The SMILES string of the molecule is COc1cc(C(C#N)NC(=O)CCSc2ccc(F)cc2)cc(OC)c1OC. The van der Waals surface area contributed by atoms with Gasteiger partial charge < -0.3 is 19.5 Å². The number of nitrogens with zero attached hydrogens (tertiary/aromatic N) is 1. The normalized spacial score (nSPS) is 11.2. The third kappa shape index (κ3) is 5.54. The van der Waals surface area contributed by atoms with Gasteiger partial charge in [-0.15, -0.1) is 11.8 Å². The van der Waals surface area contributed by atoms with Gasteiger partial charge >= 0.3 is 0 Å². The standard InChI is InChI=1S/C20H21FN2O4S/c1-25-17-10-13(11-18(26-2)20(17)27-3)16(12-22)23-19(24)8-9-28-15-6-4-14(21)5-7-15/h4-7,10-11,16H,8-9H2,1-3H3,(H,23,24). The molecule has 0 aromatic heterocycles. The number of amides is 1. The summed E-state index contributed by atoms with van der Waals surface area (Å²) in [7, 11) is 4.45. The van der Waals surface area contributed by atoms with Gasteiger partial charge in [-0.2, -0.15) is 5.26 Å². The molecule has 148 valence electrons. The fourth-order valence-electron chi connectivity index (χ4n) is 2.48. The fourth-order valence-corrected chi connectivity index (χ4v) is 3.34. The zero-order chi connectivity index (χ0) is 20.5. The Morgan fingerprint density at radius 3 is 2.25 bits per heavy atom. The average Bonchev–Trinajstić information content (AvgIpc) is 2.72. The Bertz CT molecular complexity index is 827. The molecule has 1 amide bonds. The highest BCUT2D eigenvalue weighted by molar-refractivity contribution is 7.99. The van der Waals surface area contributed by atoms with Crippen LogP contribution in [0.1, 0.15) is 18.0 Å². The lowest BCUT2D eigenvalue weighted by atomic mass is 10.1. The van der Waals surface area contributed by atoms with Crippen LogP contribution >= 0.6 is 11.8 Å². The zero-order valence-corrected chi connectivity index (χ0v) is 16.6. The summed E-state index contributed by atoms with van der Waals surface area (Å²) in [5.74, 6) is 1.15. The number of halogens is 1. The quantitative estimate of drug-likeness (QED) is 0.642. The monoisotopic (exact) mass is 404 g/mol. The largest absolute Gasteiger partial charge is 0.493 e. The van der Waals surface area contributed by atoms with Crippen molar-refractivity contribution in [1.82, 2.24) is 5.32 Å². The van der Waals surface area contributed by atoms with Crippen LogP contribution in [-0.2, 0) is 4.79 Å². The lowest BCUT2D eigenvalue weighted by molar-refractivity contribution is -0.121. The van der Waals surface area contributed by atoms with E-state index in [1.807, 2.05) is 0 Å². The Hall–Kier alpha value is -2.92. The van der Waals surface area contributed by atoms with Crippen molar-refractivity contribution < 1.29 is 23.4 Å². The molecule has 1 atom stereocenters. The van der Waals surface area contributed by atoms with E-state index in [1.165, 1.54) is 45.2 Å². The van der Waals surface area contributed by atoms with E-state index < -0.39 is 6.04 Å². The van der Waals surface area contributed by atoms with Gasteiger partial charge in [0.25, 0.3) is 0 Å². The molecule has 2 aromatic rings. The van der Waals surface area contributed by atoms with Crippen molar-refractivity contribution in [2.24, 2.45) is 0 Å². The Balaban J connectivity index is 2.02. The number of carbonyl (C=O) groups excluding carboxylic acids is 1. The molecule has 2 rings (SSSR count). The minimum Gasteiger partial charge on any atom is -0.493 e. The summed E-state index contributed by atoms with van der Waals surface area (Å²) in [5, 5.41) is 12.2. The number of methoxy groups -OCH3 is 3. The fraction of sp³-hybridized carbons (Fsp3) is 0.300. The Labute approximate surface area is 167 Å². The van der Waals surface area contributed by atoms with Gasteiger partial charge in [0.15, 0.2) is 11.5 Å². The molecule has 28 heavy (non-hydrogen) atoms. The number of nitriles is 1. The lowest BCUT2D eigenvalue weighted by Crippen LogP contribution is -2.27. The van der Waals surface area contributed by atoms with Crippen LogP contribution in [0.15, 0.2) is 41.3 Å². The van der Waals surface area contributed by atoms with Crippen LogP contribution in [0, 0.1) is 17.1 Å². The van der Waals surface area contributed by atoms with Gasteiger partial charge in [-0.05, 0) is 42.0 Å². The number of ether oxygens (including phenoxy) is 3. The second-order valence-corrected chi connectivity index (χ2v) is 6.81. The van der Waals surface area contributed by atoms with Gasteiger partial charge in [-0.25, -0.2) is 4.39 Å². The van der Waals surface area contributed by atoms with Crippen molar-refractivity contribution in [3.05, 3.63) is 47.8 Å². The number of hydrogen-bond donors (Lipinski definition) is 1. The van der Waals surface area contributed by atoms with E-state index in [-0.39, 0.29) is 18.1 Å². The molecule has 0 saturated heterocycles. The molecule has 0 aliphatic carbocycles. The topological polar surface area (TPSA) is 80.6 Å². The summed E-state index contributed by atoms with van der Waals surface area (Å²) in [4.78, 5) is 13.1. The first kappa shape index (κ1) is 21.4. The molecule has 1 unspecified atom stereocenters. The molecule has 0 spiro atoms. The van der Waals surface area contributed by atoms with Crippen LogP contribution in [-0.4, -0.2) is 33.0 Å². The summed E-state index contributed by atoms with van der Waals surface area (Å²) in [6, 6.07) is 10.5. The van der Waals surface area contributed by atoms with E-state index in [1.54, 1.807) is 24.3 Å². The highest BCUT2D eigenvalue weighted by Gasteiger charge is 2.20. The van der Waals surface area contributed by atoms with E-state index in [4.69, 9.17) is 14.2 Å². The molecule has 0 radical (unpaired) electrons. The van der Waals surface area contributed by atoms with Gasteiger partial charge in [-0.1, -0.05) is 0 Å². The Morgan fingerprint density at radius 2 is 1.75 bits per heavy atom. The predicted molar refractivity (Wildman–Crippen MR) is 104 cm³/mol. The van der Waals surface area contributed by atoms with E-state index in [0.29, 0.717) is 28.6 Å². The van der Waals surface area contributed by atoms with E-state index >= 15 is 0 Å². The van der Waals surface area contributed by atoms with Crippen molar-refractivity contribution in [3.8, 4) is 23.3 Å². The summed E-state index contributed by atoms with van der Waals surface area (Å²) >= 11 is 1.44. The second kappa shape index (κ2) is 10.4. The van der Waals surface area contributed by atoms with E-state index in [0.717, 1.165) is 4.90 Å². The van der Waals surface area contributed by atoms with Crippen molar-refractivity contribution in [3.63, 3.8) is 0 Å². The lowest BCUT2D eigenvalue weighted by Gasteiger charge is -2.17. The first-order valence-corrected chi connectivity index (χ1v) is 9.38. The molecule has 1 N–H and O–H groups in total. The molecule has 8 heteroatoms. The third-order valence-corrected chi connectivity index (χ3v) is 4.88. The number of thioether (sulfide) groups is 1. The average molecular weight is 404 g/mol. The summed E-state index contributed by atoms with van der Waals surface area (Å²) in [6.45, 7) is 0. The minimum absolute atomic E-state index is 0.213. The van der Waals surface area contributed by atoms with Gasteiger partial charge in [0, 0.05) is 17.1 Å². The first-order chi connectivity index (χ1) is 13.5. The van der Waals surface area contributed by atoms with Crippen LogP contribution < -0.4 is 19.5 Å². The van der Waals surface area contributed by atoms with Crippen molar-refractivity contribution in [2.45, 2.75) is 17.4 Å². The van der Waals surface area contributed by atoms with Crippen molar-refractivity contribution >= 4 is 17.7 Å². The van der Waals surface area contributed by atoms with Gasteiger partial charge in [0.1, 0.15) is 11.9 Å². The molecule has 2 aromatic carbocycles. The smallest absolute Gasteiger partial charge is 0.222 e. The molecular formula is C20H21FN2O4S. The molecule has 0 heterocycles.